The number of aryl methyl sites for hydroxylation is 1. The number of imidazole rings is 1. The van der Waals surface area contributed by atoms with E-state index >= 15 is 0 Å². The number of alkyl halides is 3. The van der Waals surface area contributed by atoms with E-state index in [-0.39, 0.29) is 5.95 Å². The average molecular weight is 477 g/mol. The number of morpholine rings is 1. The first-order chi connectivity index (χ1) is 16.1. The summed E-state index contributed by atoms with van der Waals surface area (Å²) in [5.74, 6) is -0.142. The van der Waals surface area contributed by atoms with E-state index in [1.807, 2.05) is 22.9 Å². The molecular weight excluding hydrogens is 449 g/mol. The summed E-state index contributed by atoms with van der Waals surface area (Å²) in [4.78, 5) is 14.1. The van der Waals surface area contributed by atoms with Gasteiger partial charge in [0.25, 0.3) is 0 Å². The van der Waals surface area contributed by atoms with Crippen molar-refractivity contribution in [2.75, 3.05) is 36.5 Å². The summed E-state index contributed by atoms with van der Waals surface area (Å²) in [6, 6.07) is 6.48. The number of benzene rings is 1. The molecule has 3 aromatic rings. The molecule has 0 atom stereocenters. The van der Waals surface area contributed by atoms with Gasteiger partial charge in [0.05, 0.1) is 36.5 Å². The lowest BCUT2D eigenvalue weighted by Gasteiger charge is -2.29. The van der Waals surface area contributed by atoms with E-state index in [0.29, 0.717) is 44.8 Å². The highest BCUT2D eigenvalue weighted by Crippen LogP contribution is 2.30. The van der Waals surface area contributed by atoms with E-state index in [9.17, 15) is 18.3 Å². The molecule has 1 saturated heterocycles. The molecular formula is C23H27F3N6O2. The Bertz CT molecular complexity index is 1120. The van der Waals surface area contributed by atoms with Crippen molar-refractivity contribution in [3.63, 3.8) is 0 Å². The number of nitrogens with one attached hydrogen (secondary N) is 1. The molecule has 3 heterocycles. The molecule has 0 spiro atoms. The van der Waals surface area contributed by atoms with Gasteiger partial charge in [-0.25, -0.2) is 15.0 Å². The maximum atomic E-state index is 13.1. The fourth-order valence-electron chi connectivity index (χ4n) is 3.59. The molecule has 34 heavy (non-hydrogen) atoms. The first kappa shape index (κ1) is 24.0. The number of nitrogens with zero attached hydrogens (tertiary/aromatic N) is 5. The minimum Gasteiger partial charge on any atom is -0.390 e. The van der Waals surface area contributed by atoms with Crippen LogP contribution in [-0.4, -0.2) is 56.5 Å². The predicted octanol–water partition coefficient (Wildman–Crippen LogP) is 3.96. The molecule has 11 heteroatoms. The lowest BCUT2D eigenvalue weighted by atomic mass is 10.0. The van der Waals surface area contributed by atoms with Crippen LogP contribution in [0.4, 0.5) is 30.5 Å². The zero-order chi connectivity index (χ0) is 24.3. The van der Waals surface area contributed by atoms with Gasteiger partial charge >= 0.3 is 6.18 Å². The van der Waals surface area contributed by atoms with Crippen LogP contribution in [0.25, 0.3) is 5.69 Å². The van der Waals surface area contributed by atoms with Gasteiger partial charge in [-0.3, -0.25) is 0 Å². The molecule has 8 nitrogen and oxygen atoms in total. The number of aromatic nitrogens is 4. The zero-order valence-corrected chi connectivity index (χ0v) is 19.0. The van der Waals surface area contributed by atoms with Gasteiger partial charge in [-0.2, -0.15) is 13.2 Å². The van der Waals surface area contributed by atoms with Crippen molar-refractivity contribution in [1.82, 2.24) is 19.5 Å². The van der Waals surface area contributed by atoms with Crippen LogP contribution in [0.3, 0.4) is 0 Å². The van der Waals surface area contributed by atoms with Crippen LogP contribution in [-0.2, 0) is 17.3 Å². The Kier molecular flexibility index (Phi) is 6.76. The number of ether oxygens (including phenoxy) is 1. The van der Waals surface area contributed by atoms with Crippen LogP contribution in [0.15, 0.2) is 43.0 Å². The lowest BCUT2D eigenvalue weighted by Crippen LogP contribution is -2.36. The normalized spacial score (nSPS) is 14.9. The first-order valence-corrected chi connectivity index (χ1v) is 11.0. The summed E-state index contributed by atoms with van der Waals surface area (Å²) < 4.78 is 46.5. The summed E-state index contributed by atoms with van der Waals surface area (Å²) in [7, 11) is 0. The van der Waals surface area contributed by atoms with E-state index in [0.717, 1.165) is 29.3 Å². The van der Waals surface area contributed by atoms with Gasteiger partial charge in [-0.05, 0) is 51.0 Å². The smallest absolute Gasteiger partial charge is 0.390 e. The Morgan fingerprint density at radius 3 is 2.53 bits per heavy atom. The van der Waals surface area contributed by atoms with E-state index in [1.165, 1.54) is 0 Å². The second-order valence-corrected chi connectivity index (χ2v) is 8.81. The Morgan fingerprint density at radius 1 is 1.09 bits per heavy atom. The summed E-state index contributed by atoms with van der Waals surface area (Å²) in [6.07, 6.45) is 1.27. The third-order valence-corrected chi connectivity index (χ3v) is 5.41. The quantitative estimate of drug-likeness (QED) is 0.534. The van der Waals surface area contributed by atoms with Crippen LogP contribution in [0.2, 0.25) is 0 Å². The molecule has 0 saturated carbocycles. The van der Waals surface area contributed by atoms with E-state index in [1.54, 1.807) is 26.2 Å². The zero-order valence-electron chi connectivity index (χ0n) is 19.0. The minimum atomic E-state index is -4.56. The van der Waals surface area contributed by atoms with Crippen molar-refractivity contribution >= 4 is 17.3 Å². The molecule has 0 bridgehead atoms. The largest absolute Gasteiger partial charge is 0.433 e. The maximum Gasteiger partial charge on any atom is 0.433 e. The summed E-state index contributed by atoms with van der Waals surface area (Å²) in [5, 5.41) is 12.9. The Hall–Kier alpha value is -3.18. The first-order valence-electron chi connectivity index (χ1n) is 11.0. The summed E-state index contributed by atoms with van der Waals surface area (Å²) in [6.45, 7) is 6.09. The van der Waals surface area contributed by atoms with Crippen molar-refractivity contribution in [1.29, 1.82) is 0 Å². The van der Waals surface area contributed by atoms with Gasteiger partial charge in [0.15, 0.2) is 0 Å². The molecule has 2 N–H and O–H groups in total. The van der Waals surface area contributed by atoms with Crippen LogP contribution in [0, 0.1) is 0 Å². The van der Waals surface area contributed by atoms with Gasteiger partial charge in [-0.1, -0.05) is 0 Å². The van der Waals surface area contributed by atoms with Crippen molar-refractivity contribution in [2.24, 2.45) is 0 Å². The predicted molar refractivity (Wildman–Crippen MR) is 122 cm³/mol. The third-order valence-electron chi connectivity index (χ3n) is 5.41. The van der Waals surface area contributed by atoms with Crippen molar-refractivity contribution < 1.29 is 23.0 Å². The van der Waals surface area contributed by atoms with Crippen LogP contribution in [0.5, 0.6) is 0 Å². The molecule has 1 aliphatic heterocycles. The van der Waals surface area contributed by atoms with E-state index in [4.69, 9.17) is 4.74 Å². The number of aliphatic hydroxyl groups is 1. The molecule has 4 rings (SSSR count). The Morgan fingerprint density at radius 2 is 1.82 bits per heavy atom. The lowest BCUT2D eigenvalue weighted by molar-refractivity contribution is -0.141. The molecule has 2 aromatic heterocycles. The molecule has 0 amide bonds. The highest BCUT2D eigenvalue weighted by Gasteiger charge is 2.32. The average Bonchev–Trinajstić information content (AvgIpc) is 3.27. The molecule has 1 fully saturated rings. The molecule has 0 aliphatic carbocycles. The van der Waals surface area contributed by atoms with Crippen LogP contribution < -0.4 is 10.2 Å². The summed E-state index contributed by atoms with van der Waals surface area (Å²) in [5.41, 5.74) is 1.24. The van der Waals surface area contributed by atoms with E-state index < -0.39 is 17.5 Å². The number of hydrogen-bond donors (Lipinski definition) is 2. The standard InChI is InChI=1S/C23H27F3N6O2/c1-22(2,33)5-3-16-14-32(15-28-16)19-12-17(11-18(13-19)31-7-9-34-10-8-31)29-21-27-6-4-20(30-21)23(24,25)26/h4,6,11-15,33H,3,5,7-10H2,1-2H3,(H,27,29,30). The maximum absolute atomic E-state index is 13.1. The Labute approximate surface area is 195 Å². The minimum absolute atomic E-state index is 0.142. The topological polar surface area (TPSA) is 88.3 Å². The molecule has 182 valence electrons. The van der Waals surface area contributed by atoms with Crippen molar-refractivity contribution in [2.45, 2.75) is 38.5 Å². The number of anilines is 3. The highest BCUT2D eigenvalue weighted by molar-refractivity contribution is 5.67. The molecule has 1 aromatic carbocycles. The van der Waals surface area contributed by atoms with Gasteiger partial charge < -0.3 is 24.6 Å². The van der Waals surface area contributed by atoms with Crippen molar-refractivity contribution in [3.05, 3.63) is 54.4 Å². The van der Waals surface area contributed by atoms with Crippen LogP contribution >= 0.6 is 0 Å². The van der Waals surface area contributed by atoms with Gasteiger partial charge in [-0.15, -0.1) is 0 Å². The fourth-order valence-corrected chi connectivity index (χ4v) is 3.59. The van der Waals surface area contributed by atoms with Gasteiger partial charge in [0, 0.05) is 36.9 Å². The molecule has 0 radical (unpaired) electrons. The molecule has 0 unspecified atom stereocenters. The van der Waals surface area contributed by atoms with E-state index in [2.05, 4.69) is 25.2 Å². The Balaban J connectivity index is 1.65. The monoisotopic (exact) mass is 476 g/mol. The highest BCUT2D eigenvalue weighted by atomic mass is 19.4. The fraction of sp³-hybridized carbons (Fsp3) is 0.435. The SMILES string of the molecule is CC(C)(O)CCc1cn(-c2cc(Nc3nccc(C(F)(F)F)n3)cc(N3CCOCC3)c2)cn1. The van der Waals surface area contributed by atoms with Crippen LogP contribution in [0.1, 0.15) is 31.7 Å². The summed E-state index contributed by atoms with van der Waals surface area (Å²) >= 11 is 0. The van der Waals surface area contributed by atoms with Gasteiger partial charge in [0.1, 0.15) is 5.69 Å². The second-order valence-electron chi connectivity index (χ2n) is 8.81. The number of rotatable bonds is 7. The van der Waals surface area contributed by atoms with Crippen molar-refractivity contribution in [3.8, 4) is 5.69 Å². The number of halogens is 3. The number of hydrogen-bond acceptors (Lipinski definition) is 7. The third kappa shape index (κ3) is 6.23. The van der Waals surface area contributed by atoms with Gasteiger partial charge in [0.2, 0.25) is 5.95 Å². The molecule has 1 aliphatic rings. The second kappa shape index (κ2) is 9.59.